The van der Waals surface area contributed by atoms with Crippen molar-refractivity contribution in [3.63, 3.8) is 0 Å². The van der Waals surface area contributed by atoms with E-state index in [2.05, 4.69) is 15.3 Å². The van der Waals surface area contributed by atoms with E-state index in [1.165, 1.54) is 12.8 Å². The third kappa shape index (κ3) is 2.65. The summed E-state index contributed by atoms with van der Waals surface area (Å²) >= 11 is 0. The fourth-order valence-corrected chi connectivity index (χ4v) is 3.04. The second kappa shape index (κ2) is 5.94. The Kier molecular flexibility index (Phi) is 4.00. The van der Waals surface area contributed by atoms with E-state index in [0.29, 0.717) is 46.7 Å². The highest BCUT2D eigenvalue weighted by Crippen LogP contribution is 2.32. The summed E-state index contributed by atoms with van der Waals surface area (Å²) in [5, 5.41) is 4.09. The lowest BCUT2D eigenvalue weighted by atomic mass is 10.1. The van der Waals surface area contributed by atoms with E-state index in [0.717, 1.165) is 12.8 Å². The number of aromatic nitrogens is 2. The molecule has 22 heavy (non-hydrogen) atoms. The summed E-state index contributed by atoms with van der Waals surface area (Å²) < 4.78 is 10.8. The lowest BCUT2D eigenvalue weighted by molar-refractivity contribution is 0.0526. The first-order chi connectivity index (χ1) is 10.6. The maximum atomic E-state index is 12.2. The van der Waals surface area contributed by atoms with E-state index in [1.54, 1.807) is 13.8 Å². The maximum absolute atomic E-state index is 12.2. The number of anilines is 1. The zero-order chi connectivity index (χ0) is 15.7. The van der Waals surface area contributed by atoms with E-state index >= 15 is 0 Å². The number of furan rings is 1. The molecule has 1 aliphatic rings. The SMILES string of the molecule is CCOC(=O)c1c(C)oc2nc(C)nc(NC3CCCC3)c12. The van der Waals surface area contributed by atoms with Crippen molar-refractivity contribution in [2.45, 2.75) is 52.5 Å². The summed E-state index contributed by atoms with van der Waals surface area (Å²) in [4.78, 5) is 21.1. The molecular weight excluding hydrogens is 282 g/mol. The van der Waals surface area contributed by atoms with Gasteiger partial charge in [-0.3, -0.25) is 0 Å². The van der Waals surface area contributed by atoms with E-state index in [1.807, 2.05) is 6.92 Å². The maximum Gasteiger partial charge on any atom is 0.342 e. The van der Waals surface area contributed by atoms with Crippen molar-refractivity contribution in [1.82, 2.24) is 9.97 Å². The monoisotopic (exact) mass is 303 g/mol. The van der Waals surface area contributed by atoms with Gasteiger partial charge in [0.05, 0.1) is 12.0 Å². The molecule has 6 heteroatoms. The Morgan fingerprint density at radius 1 is 1.32 bits per heavy atom. The first-order valence-electron chi connectivity index (χ1n) is 7.81. The quantitative estimate of drug-likeness (QED) is 0.873. The van der Waals surface area contributed by atoms with E-state index in [4.69, 9.17) is 9.15 Å². The predicted molar refractivity (Wildman–Crippen MR) is 83.1 cm³/mol. The third-order valence-corrected chi connectivity index (χ3v) is 4.02. The Labute approximate surface area is 129 Å². The van der Waals surface area contributed by atoms with E-state index in [9.17, 15) is 4.79 Å². The van der Waals surface area contributed by atoms with Gasteiger partial charge < -0.3 is 14.5 Å². The summed E-state index contributed by atoms with van der Waals surface area (Å²) in [7, 11) is 0. The molecule has 0 aromatic carbocycles. The number of hydrogen-bond acceptors (Lipinski definition) is 6. The topological polar surface area (TPSA) is 77.2 Å². The van der Waals surface area contributed by atoms with E-state index < -0.39 is 0 Å². The van der Waals surface area contributed by atoms with Gasteiger partial charge in [-0.05, 0) is 33.6 Å². The minimum Gasteiger partial charge on any atom is -0.462 e. The van der Waals surface area contributed by atoms with Gasteiger partial charge in [-0.15, -0.1) is 0 Å². The molecule has 0 atom stereocenters. The Bertz CT molecular complexity index is 702. The molecule has 3 rings (SSSR count). The molecule has 2 aromatic rings. The van der Waals surface area contributed by atoms with Crippen LogP contribution >= 0.6 is 0 Å². The molecule has 2 heterocycles. The van der Waals surface area contributed by atoms with Gasteiger partial charge in [-0.1, -0.05) is 12.8 Å². The van der Waals surface area contributed by atoms with Crippen LogP contribution in [0.3, 0.4) is 0 Å². The first-order valence-corrected chi connectivity index (χ1v) is 7.81. The largest absolute Gasteiger partial charge is 0.462 e. The van der Waals surface area contributed by atoms with Gasteiger partial charge in [0.25, 0.3) is 0 Å². The van der Waals surface area contributed by atoms with Crippen LogP contribution in [0, 0.1) is 13.8 Å². The van der Waals surface area contributed by atoms with Crippen LogP contribution in [0.1, 0.15) is 54.5 Å². The molecule has 0 aliphatic heterocycles. The zero-order valence-corrected chi connectivity index (χ0v) is 13.2. The molecule has 0 spiro atoms. The molecule has 2 aromatic heterocycles. The summed E-state index contributed by atoms with van der Waals surface area (Å²) in [5.74, 6) is 1.43. The summed E-state index contributed by atoms with van der Waals surface area (Å²) in [5.41, 5.74) is 0.867. The fraction of sp³-hybridized carbons (Fsp3) is 0.562. The molecule has 118 valence electrons. The molecular formula is C16H21N3O3. The lowest BCUT2D eigenvalue weighted by Crippen LogP contribution is -2.17. The molecule has 1 aliphatic carbocycles. The van der Waals surface area contributed by atoms with Gasteiger partial charge in [0.1, 0.15) is 23.0 Å². The zero-order valence-electron chi connectivity index (χ0n) is 13.2. The van der Waals surface area contributed by atoms with Crippen LogP contribution in [0.15, 0.2) is 4.42 Å². The molecule has 0 amide bonds. The van der Waals surface area contributed by atoms with Crippen molar-refractivity contribution in [3.8, 4) is 0 Å². The minimum absolute atomic E-state index is 0.322. The number of nitrogens with one attached hydrogen (secondary N) is 1. The highest BCUT2D eigenvalue weighted by Gasteiger charge is 2.26. The van der Waals surface area contributed by atoms with Crippen LogP contribution in [0.25, 0.3) is 11.1 Å². The Hall–Kier alpha value is -2.11. The molecule has 0 saturated heterocycles. The van der Waals surface area contributed by atoms with Crippen LogP contribution in [-0.2, 0) is 4.74 Å². The number of ether oxygens (including phenoxy) is 1. The number of nitrogens with zero attached hydrogens (tertiary/aromatic N) is 2. The van der Waals surface area contributed by atoms with Crippen molar-refractivity contribution < 1.29 is 13.9 Å². The average molecular weight is 303 g/mol. The van der Waals surface area contributed by atoms with Gasteiger partial charge in [0.15, 0.2) is 0 Å². The number of carbonyl (C=O) groups is 1. The van der Waals surface area contributed by atoms with Crippen molar-refractivity contribution in [1.29, 1.82) is 0 Å². The number of rotatable bonds is 4. The van der Waals surface area contributed by atoms with Gasteiger partial charge in [-0.25, -0.2) is 9.78 Å². The van der Waals surface area contributed by atoms with Crippen LogP contribution < -0.4 is 5.32 Å². The fourth-order valence-electron chi connectivity index (χ4n) is 3.04. The number of esters is 1. The Morgan fingerprint density at radius 2 is 2.05 bits per heavy atom. The molecule has 6 nitrogen and oxygen atoms in total. The molecule has 1 saturated carbocycles. The minimum atomic E-state index is -0.388. The van der Waals surface area contributed by atoms with Crippen molar-refractivity contribution >= 4 is 22.9 Å². The molecule has 1 fully saturated rings. The van der Waals surface area contributed by atoms with Crippen LogP contribution in [0.5, 0.6) is 0 Å². The number of fused-ring (bicyclic) bond motifs is 1. The summed E-state index contributed by atoms with van der Waals surface area (Å²) in [6.07, 6.45) is 4.69. The average Bonchev–Trinajstić information content (AvgIpc) is 3.05. The highest BCUT2D eigenvalue weighted by molar-refractivity contribution is 6.07. The van der Waals surface area contributed by atoms with Gasteiger partial charge in [0.2, 0.25) is 5.71 Å². The second-order valence-electron chi connectivity index (χ2n) is 5.68. The van der Waals surface area contributed by atoms with Crippen molar-refractivity contribution in [2.75, 3.05) is 11.9 Å². The normalized spacial score (nSPS) is 15.4. The van der Waals surface area contributed by atoms with Crippen LogP contribution in [-0.4, -0.2) is 28.6 Å². The molecule has 0 unspecified atom stereocenters. The van der Waals surface area contributed by atoms with Crippen molar-refractivity contribution in [2.24, 2.45) is 0 Å². The smallest absolute Gasteiger partial charge is 0.342 e. The predicted octanol–water partition coefficient (Wildman–Crippen LogP) is 3.37. The Morgan fingerprint density at radius 3 is 2.73 bits per heavy atom. The summed E-state index contributed by atoms with van der Waals surface area (Å²) in [6.45, 7) is 5.68. The molecule has 0 bridgehead atoms. The number of hydrogen-bond donors (Lipinski definition) is 1. The van der Waals surface area contributed by atoms with E-state index in [-0.39, 0.29) is 5.97 Å². The number of carbonyl (C=O) groups excluding carboxylic acids is 1. The van der Waals surface area contributed by atoms with Gasteiger partial charge in [-0.2, -0.15) is 4.98 Å². The van der Waals surface area contributed by atoms with Gasteiger partial charge in [0, 0.05) is 6.04 Å². The number of aryl methyl sites for hydroxylation is 2. The second-order valence-corrected chi connectivity index (χ2v) is 5.68. The third-order valence-electron chi connectivity index (χ3n) is 4.02. The van der Waals surface area contributed by atoms with Gasteiger partial charge >= 0.3 is 5.97 Å². The highest BCUT2D eigenvalue weighted by atomic mass is 16.5. The summed E-state index contributed by atoms with van der Waals surface area (Å²) in [6, 6.07) is 0.391. The first kappa shape index (κ1) is 14.8. The van der Waals surface area contributed by atoms with Crippen LogP contribution in [0.2, 0.25) is 0 Å². The lowest BCUT2D eigenvalue weighted by Gasteiger charge is -2.14. The van der Waals surface area contributed by atoms with Crippen LogP contribution in [0.4, 0.5) is 5.82 Å². The van der Waals surface area contributed by atoms with Crippen molar-refractivity contribution in [3.05, 3.63) is 17.1 Å². The standard InChI is InChI=1S/C16H21N3O3/c1-4-21-16(20)12-9(2)22-15-13(12)14(17-10(3)18-15)19-11-7-5-6-8-11/h11H,4-8H2,1-3H3,(H,17,18,19). The molecule has 1 N–H and O–H groups in total. The Balaban J connectivity index is 2.10. The molecule has 0 radical (unpaired) electrons.